The van der Waals surface area contributed by atoms with Crippen LogP contribution in [0, 0.1) is 0 Å². The number of ether oxygens (including phenoxy) is 3. The van der Waals surface area contributed by atoms with Crippen molar-refractivity contribution < 1.29 is 49.3 Å². The van der Waals surface area contributed by atoms with E-state index in [0.29, 0.717) is 12.8 Å². The largest absolute Gasteiger partial charge is 0.454 e. The molecule has 0 spiro atoms. The number of carbonyl (C=O) groups is 2. The quantitative estimate of drug-likeness (QED) is 0.0195. The van der Waals surface area contributed by atoms with Gasteiger partial charge in [0.15, 0.2) is 12.4 Å². The van der Waals surface area contributed by atoms with Gasteiger partial charge in [0.2, 0.25) is 5.91 Å². The van der Waals surface area contributed by atoms with Gasteiger partial charge >= 0.3 is 5.97 Å². The van der Waals surface area contributed by atoms with Gasteiger partial charge in [0, 0.05) is 6.42 Å². The molecule has 1 aliphatic heterocycles. The van der Waals surface area contributed by atoms with Crippen LogP contribution in [-0.2, 0) is 23.8 Å². The summed E-state index contributed by atoms with van der Waals surface area (Å²) in [6.45, 7) is 5.72. The van der Waals surface area contributed by atoms with Gasteiger partial charge in [-0.3, -0.25) is 9.59 Å². The molecule has 0 aliphatic carbocycles. The fourth-order valence-corrected chi connectivity index (χ4v) is 9.61. The van der Waals surface area contributed by atoms with Crippen LogP contribution in [0.15, 0.2) is 85.1 Å². The monoisotopic (exact) mass is 1110 g/mol. The summed E-state index contributed by atoms with van der Waals surface area (Å²) in [4.78, 5) is 26.6. The number of carbonyl (C=O) groups excluding carboxylic acids is 2. The lowest BCUT2D eigenvalue weighted by Gasteiger charge is -2.41. The van der Waals surface area contributed by atoms with E-state index in [1.54, 1.807) is 6.08 Å². The van der Waals surface area contributed by atoms with Crippen LogP contribution in [-0.4, -0.2) is 99.6 Å². The average Bonchev–Trinajstić information content (AvgIpc) is 3.47. The van der Waals surface area contributed by atoms with Gasteiger partial charge in [-0.25, -0.2) is 0 Å². The maximum absolute atomic E-state index is 13.4. The van der Waals surface area contributed by atoms with E-state index in [0.717, 1.165) is 103 Å². The van der Waals surface area contributed by atoms with Crippen LogP contribution in [0.25, 0.3) is 0 Å². The Morgan fingerprint density at radius 3 is 1.33 bits per heavy atom. The van der Waals surface area contributed by atoms with E-state index >= 15 is 0 Å². The second kappa shape index (κ2) is 55.4. The highest BCUT2D eigenvalue weighted by Gasteiger charge is 2.47. The average molecular weight is 1110 g/mol. The lowest BCUT2D eigenvalue weighted by Crippen LogP contribution is -2.61. The Labute approximate surface area is 483 Å². The van der Waals surface area contributed by atoms with Crippen LogP contribution < -0.4 is 5.32 Å². The number of aliphatic hydroxyl groups excluding tert-OH is 5. The Morgan fingerprint density at radius 2 is 0.873 bits per heavy atom. The number of unbranched alkanes of at least 4 members (excludes halogenated alkanes) is 28. The molecule has 8 atom stereocenters. The van der Waals surface area contributed by atoms with Crippen molar-refractivity contribution in [1.82, 2.24) is 5.32 Å². The third-order valence-corrected chi connectivity index (χ3v) is 14.8. The molecule has 1 heterocycles. The number of esters is 1. The molecule has 0 saturated carbocycles. The molecular weight excluding hydrogens is 991 g/mol. The Bertz CT molecular complexity index is 1610. The third-order valence-electron chi connectivity index (χ3n) is 14.8. The molecule has 0 aromatic rings. The standard InChI is InChI=1S/C68H119NO10/c1-4-7-10-13-16-19-22-24-26-28-30-31-32-34-36-38-41-44-47-50-53-56-63(73)79-66-65(75)64(74)62(57-70)78-68(66)77-58-59(60(71)54-51-48-45-42-39-21-18-15-12-9-6-3)69-67(76)61(72)55-52-49-46-43-40-37-35-33-29-27-25-23-20-17-14-11-8-5-2/h16-17,19-20,24-27,30-31,34,36,51,54,59-62,64-66,68,70-72,74-75H,4-15,18,21-23,28-29,32-33,35,37-50,52-53,55-58H2,1-3H3,(H,69,76)/b19-16-,20-17-,26-24-,27-25-,31-30-,36-34-,54-51+. The lowest BCUT2D eigenvalue weighted by molar-refractivity contribution is -0.305. The van der Waals surface area contributed by atoms with Crippen molar-refractivity contribution in [2.75, 3.05) is 13.2 Å². The van der Waals surface area contributed by atoms with Crippen molar-refractivity contribution in [3.05, 3.63) is 85.1 Å². The first-order chi connectivity index (χ1) is 38.7. The molecule has 11 heteroatoms. The second-order valence-electron chi connectivity index (χ2n) is 22.1. The molecular formula is C68H119NO10. The molecule has 1 saturated heterocycles. The summed E-state index contributed by atoms with van der Waals surface area (Å²) in [6, 6.07) is -1.03. The highest BCUT2D eigenvalue weighted by atomic mass is 16.7. The number of amides is 1. The summed E-state index contributed by atoms with van der Waals surface area (Å²) >= 11 is 0. The first kappa shape index (κ1) is 73.9. The SMILES string of the molecule is CCCCC/C=C\C/C=C\C/C=C\C/C=C\CCCCCCCC(=O)OC1C(OCC(NC(=O)C(O)CCCCCCCCCC/C=C\C/C=C\CCCCC)C(O)/C=C/CCCCCCCCCCC)OC(CO)C(O)C1O. The minimum absolute atomic E-state index is 0.0988. The highest BCUT2D eigenvalue weighted by molar-refractivity contribution is 5.80. The first-order valence-corrected chi connectivity index (χ1v) is 32.4. The van der Waals surface area contributed by atoms with E-state index in [-0.39, 0.29) is 19.4 Å². The van der Waals surface area contributed by atoms with Gasteiger partial charge < -0.3 is 45.1 Å². The maximum atomic E-state index is 13.4. The molecule has 0 aromatic carbocycles. The second-order valence-corrected chi connectivity index (χ2v) is 22.1. The van der Waals surface area contributed by atoms with Crippen molar-refractivity contribution in [2.24, 2.45) is 0 Å². The van der Waals surface area contributed by atoms with E-state index in [1.807, 2.05) is 6.08 Å². The van der Waals surface area contributed by atoms with Gasteiger partial charge in [-0.05, 0) is 103 Å². The van der Waals surface area contributed by atoms with E-state index in [4.69, 9.17) is 14.2 Å². The molecule has 0 aromatic heterocycles. The van der Waals surface area contributed by atoms with Crippen molar-refractivity contribution in [3.63, 3.8) is 0 Å². The lowest BCUT2D eigenvalue weighted by atomic mass is 9.99. The van der Waals surface area contributed by atoms with E-state index in [9.17, 15) is 35.1 Å². The van der Waals surface area contributed by atoms with Crippen molar-refractivity contribution in [2.45, 2.75) is 320 Å². The molecule has 0 bridgehead atoms. The van der Waals surface area contributed by atoms with Crippen LogP contribution in [0.2, 0.25) is 0 Å². The zero-order chi connectivity index (χ0) is 57.5. The minimum Gasteiger partial charge on any atom is -0.454 e. The molecule has 1 fully saturated rings. The van der Waals surface area contributed by atoms with E-state index in [2.05, 4.69) is 99.0 Å². The van der Waals surface area contributed by atoms with Crippen molar-refractivity contribution in [1.29, 1.82) is 0 Å². The third kappa shape index (κ3) is 43.2. The summed E-state index contributed by atoms with van der Waals surface area (Å²) in [7, 11) is 0. The number of rotatable bonds is 54. The molecule has 1 rings (SSSR count). The Kier molecular flexibility index (Phi) is 51.8. The fourth-order valence-electron chi connectivity index (χ4n) is 9.61. The number of nitrogens with one attached hydrogen (secondary N) is 1. The molecule has 456 valence electrons. The summed E-state index contributed by atoms with van der Waals surface area (Å²) in [6.07, 6.45) is 61.8. The summed E-state index contributed by atoms with van der Waals surface area (Å²) in [5.74, 6) is -1.22. The van der Waals surface area contributed by atoms with Gasteiger partial charge in [-0.2, -0.15) is 0 Å². The van der Waals surface area contributed by atoms with Crippen LogP contribution >= 0.6 is 0 Å². The normalized spacial score (nSPS) is 19.4. The van der Waals surface area contributed by atoms with Gasteiger partial charge in [-0.15, -0.1) is 0 Å². The van der Waals surface area contributed by atoms with Crippen molar-refractivity contribution in [3.8, 4) is 0 Å². The predicted octanol–water partition coefficient (Wildman–Crippen LogP) is 15.7. The number of aliphatic hydroxyl groups is 5. The first-order valence-electron chi connectivity index (χ1n) is 32.4. The summed E-state index contributed by atoms with van der Waals surface area (Å²) < 4.78 is 17.6. The zero-order valence-corrected chi connectivity index (χ0v) is 50.5. The fraction of sp³-hybridized carbons (Fsp3) is 0.765. The minimum atomic E-state index is -1.63. The molecule has 1 amide bonds. The maximum Gasteiger partial charge on any atom is 0.306 e. The number of hydrogen-bond donors (Lipinski definition) is 6. The van der Waals surface area contributed by atoms with Gasteiger partial charge in [0.05, 0.1) is 25.4 Å². The van der Waals surface area contributed by atoms with Gasteiger partial charge in [0.25, 0.3) is 0 Å². The summed E-state index contributed by atoms with van der Waals surface area (Å²) in [5.41, 5.74) is 0. The van der Waals surface area contributed by atoms with Crippen molar-refractivity contribution >= 4 is 11.9 Å². The van der Waals surface area contributed by atoms with Crippen LogP contribution in [0.5, 0.6) is 0 Å². The predicted molar refractivity (Wildman–Crippen MR) is 329 cm³/mol. The van der Waals surface area contributed by atoms with Gasteiger partial charge in [0.1, 0.15) is 24.4 Å². The van der Waals surface area contributed by atoms with Crippen LogP contribution in [0.3, 0.4) is 0 Å². The molecule has 1 aliphatic rings. The van der Waals surface area contributed by atoms with Gasteiger partial charge in [-0.1, -0.05) is 247 Å². The highest BCUT2D eigenvalue weighted by Crippen LogP contribution is 2.26. The van der Waals surface area contributed by atoms with E-state index < -0.39 is 67.4 Å². The smallest absolute Gasteiger partial charge is 0.306 e. The van der Waals surface area contributed by atoms with Crippen LogP contribution in [0.4, 0.5) is 0 Å². The molecule has 79 heavy (non-hydrogen) atoms. The molecule has 0 radical (unpaired) electrons. The van der Waals surface area contributed by atoms with Crippen LogP contribution in [0.1, 0.15) is 271 Å². The number of hydrogen-bond acceptors (Lipinski definition) is 10. The Morgan fingerprint density at radius 1 is 0.494 bits per heavy atom. The Balaban J connectivity index is 2.65. The Hall–Kier alpha value is -3.16. The molecule has 11 nitrogen and oxygen atoms in total. The molecule has 6 N–H and O–H groups in total. The zero-order valence-electron chi connectivity index (χ0n) is 50.5. The number of allylic oxidation sites excluding steroid dienone is 13. The molecule has 8 unspecified atom stereocenters. The van der Waals surface area contributed by atoms with E-state index in [1.165, 1.54) is 122 Å². The summed E-state index contributed by atoms with van der Waals surface area (Å²) in [5, 5.41) is 57.0. The topological polar surface area (TPSA) is 175 Å².